The lowest BCUT2D eigenvalue weighted by molar-refractivity contribution is -0.107. The highest BCUT2D eigenvalue weighted by Crippen LogP contribution is 2.30. The van der Waals surface area contributed by atoms with Gasteiger partial charge in [0.25, 0.3) is 0 Å². The molecule has 1 aromatic carbocycles. The molecule has 21 heavy (non-hydrogen) atoms. The Morgan fingerprint density at radius 1 is 1.19 bits per heavy atom. The first-order valence-electron chi connectivity index (χ1n) is 8.03. The van der Waals surface area contributed by atoms with E-state index in [9.17, 15) is 0 Å². The molecule has 0 radical (unpaired) electrons. The zero-order valence-corrected chi connectivity index (χ0v) is 13.3. The molecule has 3 atom stereocenters. The molecule has 1 aliphatic rings. The van der Waals surface area contributed by atoms with Crippen LogP contribution in [0.3, 0.4) is 0 Å². The first-order chi connectivity index (χ1) is 10.3. The largest absolute Gasteiger partial charge is 0.494 e. The van der Waals surface area contributed by atoms with Crippen LogP contribution in [0.4, 0.5) is 0 Å². The van der Waals surface area contributed by atoms with Gasteiger partial charge in [0.1, 0.15) is 23.7 Å². The summed E-state index contributed by atoms with van der Waals surface area (Å²) in [5, 5.41) is 3.46. The van der Waals surface area contributed by atoms with E-state index in [0.717, 1.165) is 37.5 Å². The molecule has 0 aromatic heterocycles. The van der Waals surface area contributed by atoms with E-state index in [0.29, 0.717) is 12.6 Å². The van der Waals surface area contributed by atoms with Gasteiger partial charge < -0.3 is 19.5 Å². The maximum Gasteiger partial charge on any atom is 0.128 e. The minimum Gasteiger partial charge on any atom is -0.494 e. The number of benzene rings is 1. The Hall–Kier alpha value is -1.26. The lowest BCUT2D eigenvalue weighted by Gasteiger charge is -2.44. The third-order valence-electron chi connectivity index (χ3n) is 3.63. The number of hydrogen-bond acceptors (Lipinski definition) is 4. The molecule has 0 heterocycles. The molecule has 1 aliphatic carbocycles. The number of hydrogen-bond donors (Lipinski definition) is 1. The number of likely N-dealkylation sites (N-methyl/N-ethyl adjacent to an activating group) is 1. The van der Waals surface area contributed by atoms with Crippen molar-refractivity contribution in [2.45, 2.75) is 51.9 Å². The lowest BCUT2D eigenvalue weighted by Crippen LogP contribution is -2.61. The molecule has 1 saturated carbocycles. The van der Waals surface area contributed by atoms with Crippen LogP contribution in [0.1, 0.15) is 33.6 Å². The maximum absolute atomic E-state index is 6.08. The van der Waals surface area contributed by atoms with Gasteiger partial charge in [0.05, 0.1) is 6.61 Å². The molecule has 1 aromatic rings. The van der Waals surface area contributed by atoms with Crippen LogP contribution in [0, 0.1) is 0 Å². The van der Waals surface area contributed by atoms with Gasteiger partial charge in [0.15, 0.2) is 0 Å². The summed E-state index contributed by atoms with van der Waals surface area (Å²) in [4.78, 5) is 0. The first kappa shape index (κ1) is 16.1. The topological polar surface area (TPSA) is 39.7 Å². The van der Waals surface area contributed by atoms with Crippen molar-refractivity contribution in [1.82, 2.24) is 5.32 Å². The van der Waals surface area contributed by atoms with Gasteiger partial charge in [0, 0.05) is 25.1 Å². The van der Waals surface area contributed by atoms with Crippen LogP contribution < -0.4 is 14.8 Å². The minimum absolute atomic E-state index is 0.123. The minimum atomic E-state index is 0.123. The van der Waals surface area contributed by atoms with E-state index in [1.54, 1.807) is 0 Å². The summed E-state index contributed by atoms with van der Waals surface area (Å²) < 4.78 is 17.5. The van der Waals surface area contributed by atoms with E-state index in [4.69, 9.17) is 14.2 Å². The van der Waals surface area contributed by atoms with Crippen molar-refractivity contribution in [3.05, 3.63) is 24.3 Å². The summed E-state index contributed by atoms with van der Waals surface area (Å²) >= 11 is 0. The van der Waals surface area contributed by atoms with Crippen LogP contribution in [-0.4, -0.2) is 38.0 Å². The second-order valence-corrected chi connectivity index (χ2v) is 5.30. The van der Waals surface area contributed by atoms with Gasteiger partial charge in [0.2, 0.25) is 0 Å². The first-order valence-corrected chi connectivity index (χ1v) is 8.03. The smallest absolute Gasteiger partial charge is 0.128 e. The molecule has 0 aliphatic heterocycles. The molecule has 118 valence electrons. The van der Waals surface area contributed by atoms with E-state index in [1.807, 2.05) is 31.2 Å². The fourth-order valence-corrected chi connectivity index (χ4v) is 2.61. The second kappa shape index (κ2) is 8.25. The van der Waals surface area contributed by atoms with Gasteiger partial charge in [-0.05, 0) is 32.0 Å². The van der Waals surface area contributed by atoms with Gasteiger partial charge in [-0.25, -0.2) is 0 Å². The molecule has 2 rings (SSSR count). The van der Waals surface area contributed by atoms with Crippen LogP contribution in [0.5, 0.6) is 11.5 Å². The number of rotatable bonds is 9. The Morgan fingerprint density at radius 2 is 2.00 bits per heavy atom. The number of ether oxygens (including phenoxy) is 3. The van der Waals surface area contributed by atoms with Crippen molar-refractivity contribution in [2.24, 2.45) is 0 Å². The van der Waals surface area contributed by atoms with Crippen LogP contribution in [0.2, 0.25) is 0 Å². The number of nitrogens with one attached hydrogen (secondary N) is 1. The predicted molar refractivity (Wildman–Crippen MR) is 84.1 cm³/mol. The standard InChI is InChI=1S/C17H27NO3/c1-4-10-20-17-15(18-5-2)12-16(17)21-14-9-7-8-13(11-14)19-6-3/h7-9,11,15-18H,4-6,10,12H2,1-3H3. The van der Waals surface area contributed by atoms with Crippen molar-refractivity contribution in [3.8, 4) is 11.5 Å². The Labute approximate surface area is 127 Å². The molecule has 0 spiro atoms. The summed E-state index contributed by atoms with van der Waals surface area (Å²) in [7, 11) is 0. The maximum atomic E-state index is 6.08. The summed E-state index contributed by atoms with van der Waals surface area (Å²) in [6.07, 6.45) is 2.28. The van der Waals surface area contributed by atoms with E-state index >= 15 is 0 Å². The fourth-order valence-electron chi connectivity index (χ4n) is 2.61. The Bertz CT molecular complexity index is 424. The van der Waals surface area contributed by atoms with Gasteiger partial charge >= 0.3 is 0 Å². The molecule has 0 amide bonds. The van der Waals surface area contributed by atoms with Crippen molar-refractivity contribution in [2.75, 3.05) is 19.8 Å². The van der Waals surface area contributed by atoms with E-state index < -0.39 is 0 Å². The molecule has 3 unspecified atom stereocenters. The monoisotopic (exact) mass is 293 g/mol. The van der Waals surface area contributed by atoms with E-state index in [1.165, 1.54) is 0 Å². The molecule has 1 N–H and O–H groups in total. The predicted octanol–water partition coefficient (Wildman–Crippen LogP) is 3.01. The molecule has 4 nitrogen and oxygen atoms in total. The highest BCUT2D eigenvalue weighted by atomic mass is 16.5. The summed E-state index contributed by atoms with van der Waals surface area (Å²) in [6, 6.07) is 8.23. The van der Waals surface area contributed by atoms with Crippen LogP contribution in [-0.2, 0) is 4.74 Å². The van der Waals surface area contributed by atoms with Crippen molar-refractivity contribution in [3.63, 3.8) is 0 Å². The van der Waals surface area contributed by atoms with Crippen molar-refractivity contribution >= 4 is 0 Å². The molecule has 0 bridgehead atoms. The quantitative estimate of drug-likeness (QED) is 0.760. The van der Waals surface area contributed by atoms with Gasteiger partial charge in [-0.15, -0.1) is 0 Å². The Kier molecular flexibility index (Phi) is 6.33. The molecular weight excluding hydrogens is 266 g/mol. The van der Waals surface area contributed by atoms with E-state index in [2.05, 4.69) is 19.2 Å². The zero-order valence-electron chi connectivity index (χ0n) is 13.3. The van der Waals surface area contributed by atoms with E-state index in [-0.39, 0.29) is 12.2 Å². The Morgan fingerprint density at radius 3 is 2.71 bits per heavy atom. The van der Waals surface area contributed by atoms with Crippen LogP contribution >= 0.6 is 0 Å². The van der Waals surface area contributed by atoms with Crippen LogP contribution in [0.15, 0.2) is 24.3 Å². The third kappa shape index (κ3) is 4.35. The highest BCUT2D eigenvalue weighted by molar-refractivity contribution is 5.33. The lowest BCUT2D eigenvalue weighted by atomic mass is 9.85. The molecule has 0 saturated heterocycles. The SMILES string of the molecule is CCCOC1C(NCC)CC1Oc1cccc(OCC)c1. The second-order valence-electron chi connectivity index (χ2n) is 5.30. The van der Waals surface area contributed by atoms with Gasteiger partial charge in [-0.3, -0.25) is 0 Å². The normalized spacial score (nSPS) is 24.4. The van der Waals surface area contributed by atoms with Crippen LogP contribution in [0.25, 0.3) is 0 Å². The summed E-state index contributed by atoms with van der Waals surface area (Å²) in [5.41, 5.74) is 0. The summed E-state index contributed by atoms with van der Waals surface area (Å²) in [5.74, 6) is 1.70. The van der Waals surface area contributed by atoms with Crippen molar-refractivity contribution < 1.29 is 14.2 Å². The molecule has 1 fully saturated rings. The zero-order chi connectivity index (χ0) is 15.1. The van der Waals surface area contributed by atoms with Crippen molar-refractivity contribution in [1.29, 1.82) is 0 Å². The Balaban J connectivity index is 1.93. The third-order valence-corrected chi connectivity index (χ3v) is 3.63. The average molecular weight is 293 g/mol. The average Bonchev–Trinajstić information content (AvgIpc) is 2.47. The highest BCUT2D eigenvalue weighted by Gasteiger charge is 2.43. The van der Waals surface area contributed by atoms with Gasteiger partial charge in [-0.1, -0.05) is 19.9 Å². The van der Waals surface area contributed by atoms with Gasteiger partial charge in [-0.2, -0.15) is 0 Å². The summed E-state index contributed by atoms with van der Waals surface area (Å²) in [6.45, 7) is 8.64. The molecular formula is C17H27NO3. The molecule has 4 heteroatoms. The fraction of sp³-hybridized carbons (Fsp3) is 0.647.